The Balaban J connectivity index is 1.87. The van der Waals surface area contributed by atoms with Crippen LogP contribution in [0.5, 0.6) is 0 Å². The zero-order valence-electron chi connectivity index (χ0n) is 13.1. The Hall–Kier alpha value is -1.19. The number of thiazole rings is 1. The lowest BCUT2D eigenvalue weighted by Gasteiger charge is -2.15. The summed E-state index contributed by atoms with van der Waals surface area (Å²) in [5, 5.41) is 4.89. The van der Waals surface area contributed by atoms with Gasteiger partial charge >= 0.3 is 0 Å². The molecule has 0 amide bonds. The van der Waals surface area contributed by atoms with Crippen LogP contribution in [0.3, 0.4) is 0 Å². The van der Waals surface area contributed by atoms with E-state index < -0.39 is 0 Å². The van der Waals surface area contributed by atoms with Gasteiger partial charge in [-0.1, -0.05) is 51.1 Å². The SMILES string of the molecule is CC(C)(C)Cc1nc(-c2ccccc2)c(CNC2CC2)s1. The van der Waals surface area contributed by atoms with E-state index in [1.807, 2.05) is 11.3 Å². The maximum atomic E-state index is 4.94. The number of hydrogen-bond donors (Lipinski definition) is 1. The van der Waals surface area contributed by atoms with Gasteiger partial charge in [0.2, 0.25) is 0 Å². The molecule has 3 rings (SSSR count). The van der Waals surface area contributed by atoms with Gasteiger partial charge in [0.15, 0.2) is 0 Å². The highest BCUT2D eigenvalue weighted by Gasteiger charge is 2.23. The topological polar surface area (TPSA) is 24.9 Å². The number of hydrogen-bond acceptors (Lipinski definition) is 3. The smallest absolute Gasteiger partial charge is 0.0941 e. The van der Waals surface area contributed by atoms with Crippen molar-refractivity contribution in [3.05, 3.63) is 40.2 Å². The Labute approximate surface area is 131 Å². The van der Waals surface area contributed by atoms with E-state index in [2.05, 4.69) is 56.4 Å². The predicted octanol–water partition coefficient (Wildman–Crippen LogP) is 4.65. The Morgan fingerprint density at radius 3 is 2.52 bits per heavy atom. The summed E-state index contributed by atoms with van der Waals surface area (Å²) in [6, 6.07) is 11.3. The molecule has 21 heavy (non-hydrogen) atoms. The Kier molecular flexibility index (Phi) is 4.14. The van der Waals surface area contributed by atoms with Crippen molar-refractivity contribution in [2.24, 2.45) is 5.41 Å². The molecule has 1 aliphatic carbocycles. The normalized spacial score (nSPS) is 15.4. The van der Waals surface area contributed by atoms with Crippen LogP contribution in [-0.2, 0) is 13.0 Å². The molecule has 1 aromatic heterocycles. The first-order valence-corrected chi connectivity index (χ1v) is 8.60. The lowest BCUT2D eigenvalue weighted by atomic mass is 9.93. The van der Waals surface area contributed by atoms with Gasteiger partial charge in [0.05, 0.1) is 10.7 Å². The molecule has 3 heteroatoms. The van der Waals surface area contributed by atoms with Gasteiger partial charge in [0.25, 0.3) is 0 Å². The van der Waals surface area contributed by atoms with Crippen molar-refractivity contribution in [1.29, 1.82) is 0 Å². The number of benzene rings is 1. The molecule has 0 unspecified atom stereocenters. The third-order valence-corrected chi connectivity index (χ3v) is 4.65. The molecule has 1 N–H and O–H groups in total. The summed E-state index contributed by atoms with van der Waals surface area (Å²) in [4.78, 5) is 6.32. The van der Waals surface area contributed by atoms with Crippen molar-refractivity contribution >= 4 is 11.3 Å². The molecule has 2 aromatic rings. The molecule has 1 heterocycles. The van der Waals surface area contributed by atoms with E-state index in [0.717, 1.165) is 19.0 Å². The van der Waals surface area contributed by atoms with Crippen molar-refractivity contribution in [1.82, 2.24) is 10.3 Å². The zero-order valence-corrected chi connectivity index (χ0v) is 14.0. The second kappa shape index (κ2) is 5.90. The highest BCUT2D eigenvalue weighted by atomic mass is 32.1. The van der Waals surface area contributed by atoms with Crippen LogP contribution in [0.1, 0.15) is 43.5 Å². The predicted molar refractivity (Wildman–Crippen MR) is 90.6 cm³/mol. The van der Waals surface area contributed by atoms with Crippen molar-refractivity contribution in [3.63, 3.8) is 0 Å². The Morgan fingerprint density at radius 2 is 1.90 bits per heavy atom. The molecular weight excluding hydrogens is 276 g/mol. The van der Waals surface area contributed by atoms with Crippen LogP contribution in [0.25, 0.3) is 11.3 Å². The first-order valence-electron chi connectivity index (χ1n) is 7.79. The average molecular weight is 300 g/mol. The maximum Gasteiger partial charge on any atom is 0.0941 e. The van der Waals surface area contributed by atoms with Crippen LogP contribution < -0.4 is 5.32 Å². The first-order chi connectivity index (χ1) is 10.0. The van der Waals surface area contributed by atoms with Crippen molar-refractivity contribution < 1.29 is 0 Å². The molecule has 0 bridgehead atoms. The van der Waals surface area contributed by atoms with Crippen LogP contribution in [0.15, 0.2) is 30.3 Å². The fraction of sp³-hybridized carbons (Fsp3) is 0.500. The highest BCUT2D eigenvalue weighted by molar-refractivity contribution is 7.12. The molecule has 0 spiro atoms. The van der Waals surface area contributed by atoms with Crippen molar-refractivity contribution in [2.75, 3.05) is 0 Å². The minimum absolute atomic E-state index is 0.285. The minimum atomic E-state index is 0.285. The molecule has 0 radical (unpaired) electrons. The van der Waals surface area contributed by atoms with Gasteiger partial charge < -0.3 is 5.32 Å². The average Bonchev–Trinajstić information content (AvgIpc) is 3.17. The summed E-state index contributed by atoms with van der Waals surface area (Å²) in [6.07, 6.45) is 3.70. The molecule has 0 aliphatic heterocycles. The first kappa shape index (κ1) is 14.7. The van der Waals surface area contributed by atoms with E-state index in [1.54, 1.807) is 0 Å². The molecule has 1 fully saturated rings. The molecule has 1 saturated carbocycles. The fourth-order valence-electron chi connectivity index (χ4n) is 2.40. The van der Waals surface area contributed by atoms with Crippen LogP contribution in [0.4, 0.5) is 0 Å². The lowest BCUT2D eigenvalue weighted by Crippen LogP contribution is -2.14. The monoisotopic (exact) mass is 300 g/mol. The number of rotatable bonds is 5. The largest absolute Gasteiger partial charge is 0.309 e. The molecule has 1 aliphatic rings. The van der Waals surface area contributed by atoms with E-state index in [9.17, 15) is 0 Å². The maximum absolute atomic E-state index is 4.94. The van der Waals surface area contributed by atoms with Gasteiger partial charge in [-0.2, -0.15) is 0 Å². The highest BCUT2D eigenvalue weighted by Crippen LogP contribution is 2.32. The summed E-state index contributed by atoms with van der Waals surface area (Å²) >= 11 is 1.88. The number of nitrogens with one attached hydrogen (secondary N) is 1. The van der Waals surface area contributed by atoms with Gasteiger partial charge in [-0.15, -0.1) is 11.3 Å². The van der Waals surface area contributed by atoms with Gasteiger partial charge in [-0.25, -0.2) is 4.98 Å². The zero-order chi connectivity index (χ0) is 14.9. The summed E-state index contributed by atoms with van der Waals surface area (Å²) in [5.41, 5.74) is 2.70. The minimum Gasteiger partial charge on any atom is -0.309 e. The standard InChI is InChI=1S/C18H24N2S/c1-18(2,3)11-16-20-17(13-7-5-4-6-8-13)15(21-16)12-19-14-9-10-14/h4-8,14,19H,9-12H2,1-3H3. The van der Waals surface area contributed by atoms with E-state index in [0.29, 0.717) is 0 Å². The van der Waals surface area contributed by atoms with Crippen molar-refractivity contribution in [3.8, 4) is 11.3 Å². The van der Waals surface area contributed by atoms with Crippen LogP contribution in [-0.4, -0.2) is 11.0 Å². The lowest BCUT2D eigenvalue weighted by molar-refractivity contribution is 0.410. The van der Waals surface area contributed by atoms with Crippen LogP contribution >= 0.6 is 11.3 Å². The fourth-order valence-corrected chi connectivity index (χ4v) is 3.74. The molecular formula is C18H24N2S. The third kappa shape index (κ3) is 4.14. The quantitative estimate of drug-likeness (QED) is 0.869. The second-order valence-electron chi connectivity index (χ2n) is 7.14. The molecule has 0 saturated heterocycles. The summed E-state index contributed by atoms with van der Waals surface area (Å²) in [5.74, 6) is 0. The van der Waals surface area contributed by atoms with Gasteiger partial charge in [0.1, 0.15) is 0 Å². The molecule has 0 atom stereocenters. The third-order valence-electron chi connectivity index (χ3n) is 3.60. The number of nitrogens with zero attached hydrogens (tertiary/aromatic N) is 1. The van der Waals surface area contributed by atoms with Gasteiger partial charge in [-0.05, 0) is 18.3 Å². The van der Waals surface area contributed by atoms with E-state index in [-0.39, 0.29) is 5.41 Å². The molecule has 1 aromatic carbocycles. The van der Waals surface area contributed by atoms with Gasteiger partial charge in [-0.3, -0.25) is 0 Å². The Bertz CT molecular complexity index is 591. The van der Waals surface area contributed by atoms with Crippen LogP contribution in [0.2, 0.25) is 0 Å². The molecule has 2 nitrogen and oxygen atoms in total. The Morgan fingerprint density at radius 1 is 1.19 bits per heavy atom. The van der Waals surface area contributed by atoms with E-state index in [4.69, 9.17) is 4.98 Å². The van der Waals surface area contributed by atoms with Crippen LogP contribution in [0, 0.1) is 5.41 Å². The van der Waals surface area contributed by atoms with E-state index in [1.165, 1.54) is 34.0 Å². The van der Waals surface area contributed by atoms with E-state index >= 15 is 0 Å². The van der Waals surface area contributed by atoms with Gasteiger partial charge in [0, 0.05) is 29.4 Å². The van der Waals surface area contributed by atoms with Crippen molar-refractivity contribution in [2.45, 2.75) is 52.6 Å². The summed E-state index contributed by atoms with van der Waals surface area (Å²) in [6.45, 7) is 7.78. The second-order valence-corrected chi connectivity index (χ2v) is 8.31. The summed E-state index contributed by atoms with van der Waals surface area (Å²) < 4.78 is 0. The molecule has 112 valence electrons. The summed E-state index contributed by atoms with van der Waals surface area (Å²) in [7, 11) is 0. The number of aromatic nitrogens is 1.